The van der Waals surface area contributed by atoms with Crippen LogP contribution in [0.1, 0.15) is 19.3 Å². The van der Waals surface area contributed by atoms with Gasteiger partial charge in [-0.2, -0.15) is 0 Å². The average molecular weight is 226 g/mol. The number of allylic oxidation sites excluding steroid dienone is 1. The van der Waals surface area contributed by atoms with E-state index in [2.05, 4.69) is 35.7 Å². The lowest BCUT2D eigenvalue weighted by molar-refractivity contribution is -0.119. The molecule has 1 heterocycles. The van der Waals surface area contributed by atoms with Crippen LogP contribution < -0.4 is 0 Å². The van der Waals surface area contributed by atoms with E-state index in [0.717, 1.165) is 12.8 Å². The van der Waals surface area contributed by atoms with E-state index >= 15 is 0 Å². The second-order valence-corrected chi connectivity index (χ2v) is 7.27. The van der Waals surface area contributed by atoms with Gasteiger partial charge in [0, 0.05) is 12.3 Å². The summed E-state index contributed by atoms with van der Waals surface area (Å²) in [7, 11) is 0. The Bertz CT molecular complexity index is 292. The number of carbonyl (C=O) groups is 1. The van der Waals surface area contributed by atoms with Gasteiger partial charge in [0.25, 0.3) is 0 Å². The highest BCUT2D eigenvalue weighted by atomic mass is 32.2. The summed E-state index contributed by atoms with van der Waals surface area (Å²) in [5.74, 6) is 3.91. The van der Waals surface area contributed by atoms with Gasteiger partial charge in [-0.05, 0) is 30.3 Å². The molecule has 3 heteroatoms. The quantitative estimate of drug-likeness (QED) is 0.591. The van der Waals surface area contributed by atoms with Gasteiger partial charge in [-0.25, -0.2) is 0 Å². The minimum Gasteiger partial charge on any atom is -0.299 e. The van der Waals surface area contributed by atoms with E-state index in [9.17, 15) is 4.79 Å². The highest BCUT2D eigenvalue weighted by molar-refractivity contribution is 8.19. The molecule has 2 atom stereocenters. The Hall–Kier alpha value is 0.110. The van der Waals surface area contributed by atoms with Crippen molar-refractivity contribution in [2.75, 3.05) is 11.5 Å². The van der Waals surface area contributed by atoms with E-state index in [4.69, 9.17) is 0 Å². The molecule has 1 saturated heterocycles. The number of Topliss-reactive ketones (excluding diaryl/α,β-unsaturated/α-hetero) is 1. The molecule has 0 N–H and O–H groups in total. The first-order valence-electron chi connectivity index (χ1n) is 5.32. The van der Waals surface area contributed by atoms with Gasteiger partial charge in [0.2, 0.25) is 0 Å². The standard InChI is InChI=1S/C11H14OS2/c12-10-3-2-9-8(10)4-5-11(9)13-6-1-7-14-11/h4-5,8-9H,1-3,6-7H2/t8-,9+/m1/s1. The van der Waals surface area contributed by atoms with E-state index in [1.807, 2.05) is 0 Å². The van der Waals surface area contributed by atoms with Crippen LogP contribution in [0.3, 0.4) is 0 Å². The van der Waals surface area contributed by atoms with Crippen molar-refractivity contribution in [1.82, 2.24) is 0 Å². The van der Waals surface area contributed by atoms with E-state index < -0.39 is 0 Å². The van der Waals surface area contributed by atoms with Crippen molar-refractivity contribution in [3.8, 4) is 0 Å². The largest absolute Gasteiger partial charge is 0.299 e. The van der Waals surface area contributed by atoms with Gasteiger partial charge in [-0.3, -0.25) is 4.79 Å². The summed E-state index contributed by atoms with van der Waals surface area (Å²) < 4.78 is 0.287. The van der Waals surface area contributed by atoms with Gasteiger partial charge < -0.3 is 0 Å². The van der Waals surface area contributed by atoms with Crippen molar-refractivity contribution in [1.29, 1.82) is 0 Å². The Morgan fingerprint density at radius 3 is 2.93 bits per heavy atom. The molecule has 0 aromatic rings. The molecule has 0 unspecified atom stereocenters. The summed E-state index contributed by atoms with van der Waals surface area (Å²) in [5, 5.41) is 0. The van der Waals surface area contributed by atoms with Crippen molar-refractivity contribution >= 4 is 29.3 Å². The van der Waals surface area contributed by atoms with Crippen molar-refractivity contribution < 1.29 is 4.79 Å². The van der Waals surface area contributed by atoms with Crippen molar-refractivity contribution in [3.05, 3.63) is 12.2 Å². The zero-order valence-electron chi connectivity index (χ0n) is 8.07. The maximum Gasteiger partial charge on any atom is 0.140 e. The Morgan fingerprint density at radius 2 is 2.14 bits per heavy atom. The third-order valence-electron chi connectivity index (χ3n) is 3.50. The Kier molecular flexibility index (Phi) is 2.21. The molecule has 0 aromatic heterocycles. The normalized spacial score (nSPS) is 39.3. The molecule has 0 amide bonds. The monoisotopic (exact) mass is 226 g/mol. The first kappa shape index (κ1) is 9.34. The lowest BCUT2D eigenvalue weighted by atomic mass is 9.99. The van der Waals surface area contributed by atoms with Crippen molar-refractivity contribution in [2.45, 2.75) is 23.3 Å². The predicted molar refractivity (Wildman–Crippen MR) is 62.6 cm³/mol. The van der Waals surface area contributed by atoms with Crippen LogP contribution in [-0.4, -0.2) is 21.4 Å². The molecule has 3 rings (SSSR count). The van der Waals surface area contributed by atoms with Crippen LogP contribution in [0.25, 0.3) is 0 Å². The van der Waals surface area contributed by atoms with Gasteiger partial charge in [-0.15, -0.1) is 23.5 Å². The van der Waals surface area contributed by atoms with Gasteiger partial charge >= 0.3 is 0 Å². The fraction of sp³-hybridized carbons (Fsp3) is 0.727. The van der Waals surface area contributed by atoms with E-state index in [0.29, 0.717) is 11.7 Å². The smallest absolute Gasteiger partial charge is 0.140 e. The molecular formula is C11H14OS2. The molecule has 3 aliphatic rings. The lowest BCUT2D eigenvalue weighted by Gasteiger charge is -2.36. The fourth-order valence-electron chi connectivity index (χ4n) is 2.80. The van der Waals surface area contributed by atoms with Crippen molar-refractivity contribution in [3.63, 3.8) is 0 Å². The molecule has 1 nitrogen and oxygen atoms in total. The molecule has 1 spiro atoms. The summed E-state index contributed by atoms with van der Waals surface area (Å²) in [5.41, 5.74) is 0. The van der Waals surface area contributed by atoms with Crippen LogP contribution >= 0.6 is 23.5 Å². The first-order chi connectivity index (χ1) is 6.82. The highest BCUT2D eigenvalue weighted by Crippen LogP contribution is 2.58. The third kappa shape index (κ3) is 1.21. The van der Waals surface area contributed by atoms with Crippen LogP contribution in [0.2, 0.25) is 0 Å². The summed E-state index contributed by atoms with van der Waals surface area (Å²) in [6.45, 7) is 0. The molecule has 76 valence electrons. The van der Waals surface area contributed by atoms with Crippen LogP contribution in [0.5, 0.6) is 0 Å². The van der Waals surface area contributed by atoms with Crippen LogP contribution in [0.15, 0.2) is 12.2 Å². The number of hydrogen-bond donors (Lipinski definition) is 0. The van der Waals surface area contributed by atoms with Gasteiger partial charge in [0.1, 0.15) is 5.78 Å². The minimum absolute atomic E-state index is 0.271. The van der Waals surface area contributed by atoms with Gasteiger partial charge in [0.05, 0.1) is 4.08 Å². The number of rotatable bonds is 0. The molecule has 2 aliphatic carbocycles. The predicted octanol–water partition coefficient (Wildman–Crippen LogP) is 2.72. The second kappa shape index (κ2) is 3.31. The average Bonchev–Trinajstić information content (AvgIpc) is 2.73. The SMILES string of the molecule is O=C1CC[C@H]2[C@H]1C=CC21SCCCS1. The lowest BCUT2D eigenvalue weighted by Crippen LogP contribution is -2.30. The molecule has 0 bridgehead atoms. The Morgan fingerprint density at radius 1 is 1.36 bits per heavy atom. The molecule has 1 saturated carbocycles. The van der Waals surface area contributed by atoms with Crippen molar-refractivity contribution in [2.24, 2.45) is 11.8 Å². The third-order valence-corrected chi connectivity index (χ3v) is 6.98. The molecular weight excluding hydrogens is 212 g/mol. The minimum atomic E-state index is 0.271. The maximum atomic E-state index is 11.6. The van der Waals surface area contributed by atoms with Crippen LogP contribution in [-0.2, 0) is 4.79 Å². The highest BCUT2D eigenvalue weighted by Gasteiger charge is 2.51. The fourth-order valence-corrected chi connectivity index (χ4v) is 6.34. The molecule has 2 fully saturated rings. The Balaban J connectivity index is 1.89. The zero-order valence-corrected chi connectivity index (χ0v) is 9.70. The number of ketones is 1. The summed E-state index contributed by atoms with van der Waals surface area (Å²) >= 11 is 4.15. The summed E-state index contributed by atoms with van der Waals surface area (Å²) in [6, 6.07) is 0. The van der Waals surface area contributed by atoms with Crippen LogP contribution in [0, 0.1) is 11.8 Å². The van der Waals surface area contributed by atoms with E-state index in [1.54, 1.807) is 0 Å². The number of fused-ring (bicyclic) bond motifs is 2. The molecule has 1 aliphatic heterocycles. The van der Waals surface area contributed by atoms with Crippen LogP contribution in [0.4, 0.5) is 0 Å². The maximum absolute atomic E-state index is 11.6. The number of thioether (sulfide) groups is 2. The van der Waals surface area contributed by atoms with E-state index in [-0.39, 0.29) is 10.00 Å². The topological polar surface area (TPSA) is 17.1 Å². The Labute approximate surface area is 93.1 Å². The number of hydrogen-bond acceptors (Lipinski definition) is 3. The summed E-state index contributed by atoms with van der Waals surface area (Å²) in [4.78, 5) is 11.6. The molecule has 0 radical (unpaired) electrons. The number of carbonyl (C=O) groups excluding carboxylic acids is 1. The zero-order chi connectivity index (χ0) is 9.60. The second-order valence-electron chi connectivity index (χ2n) is 4.27. The summed E-state index contributed by atoms with van der Waals surface area (Å²) in [6.07, 6.45) is 7.79. The first-order valence-corrected chi connectivity index (χ1v) is 7.29. The molecule has 14 heavy (non-hydrogen) atoms. The van der Waals surface area contributed by atoms with Gasteiger partial charge in [0.15, 0.2) is 0 Å². The molecule has 0 aromatic carbocycles. The van der Waals surface area contributed by atoms with E-state index in [1.165, 1.54) is 17.9 Å². The van der Waals surface area contributed by atoms with Gasteiger partial charge in [-0.1, -0.05) is 12.2 Å².